The molecule has 0 aliphatic heterocycles. The Bertz CT molecular complexity index is 157. The van der Waals surface area contributed by atoms with Gasteiger partial charge in [0.15, 0.2) is 0 Å². The molecule has 0 aromatic rings. The SMILES string of the molecule is CCCC(C)(CN)CN(CC)CC(C)C. The van der Waals surface area contributed by atoms with Gasteiger partial charge in [0.05, 0.1) is 0 Å². The molecule has 2 heteroatoms. The summed E-state index contributed by atoms with van der Waals surface area (Å²) in [6.45, 7) is 15.6. The molecule has 0 saturated carbocycles. The minimum atomic E-state index is 0.305. The zero-order valence-corrected chi connectivity index (χ0v) is 11.3. The second kappa shape index (κ2) is 7.24. The Balaban J connectivity index is 4.22. The van der Waals surface area contributed by atoms with Crippen LogP contribution in [0.15, 0.2) is 0 Å². The van der Waals surface area contributed by atoms with Crippen LogP contribution < -0.4 is 5.73 Å². The van der Waals surface area contributed by atoms with Gasteiger partial charge in [-0.25, -0.2) is 0 Å². The fourth-order valence-electron chi connectivity index (χ4n) is 2.21. The van der Waals surface area contributed by atoms with E-state index < -0.39 is 0 Å². The predicted molar refractivity (Wildman–Crippen MR) is 69.0 cm³/mol. The van der Waals surface area contributed by atoms with Crippen LogP contribution in [-0.2, 0) is 0 Å². The molecule has 2 nitrogen and oxygen atoms in total. The average Bonchev–Trinajstić information content (AvgIpc) is 2.16. The third-order valence-electron chi connectivity index (χ3n) is 3.02. The molecule has 0 spiro atoms. The highest BCUT2D eigenvalue weighted by atomic mass is 15.1. The van der Waals surface area contributed by atoms with Crippen molar-refractivity contribution in [2.75, 3.05) is 26.2 Å². The molecule has 0 rings (SSSR count). The molecule has 15 heavy (non-hydrogen) atoms. The van der Waals surface area contributed by atoms with E-state index in [1.165, 1.54) is 19.4 Å². The lowest BCUT2D eigenvalue weighted by Gasteiger charge is -2.35. The van der Waals surface area contributed by atoms with Crippen LogP contribution in [-0.4, -0.2) is 31.1 Å². The van der Waals surface area contributed by atoms with Crippen LogP contribution >= 0.6 is 0 Å². The summed E-state index contributed by atoms with van der Waals surface area (Å²) < 4.78 is 0. The molecule has 92 valence electrons. The standard InChI is InChI=1S/C13H30N2/c1-6-8-13(5,10-14)11-15(7-2)9-12(3)4/h12H,6-11,14H2,1-5H3. The zero-order valence-electron chi connectivity index (χ0n) is 11.3. The molecule has 0 radical (unpaired) electrons. The molecule has 0 fully saturated rings. The summed E-state index contributed by atoms with van der Waals surface area (Å²) in [5.41, 5.74) is 6.21. The van der Waals surface area contributed by atoms with Gasteiger partial charge in [0.2, 0.25) is 0 Å². The first kappa shape index (κ1) is 14.9. The van der Waals surface area contributed by atoms with Gasteiger partial charge in [-0.3, -0.25) is 0 Å². The second-order valence-corrected chi connectivity index (χ2v) is 5.49. The molecule has 0 aliphatic rings. The van der Waals surface area contributed by atoms with Crippen molar-refractivity contribution in [2.45, 2.75) is 47.5 Å². The molecule has 1 atom stereocenters. The molecule has 0 aliphatic carbocycles. The number of rotatable bonds is 8. The molecular formula is C13H30N2. The topological polar surface area (TPSA) is 29.3 Å². The van der Waals surface area contributed by atoms with Gasteiger partial charge in [-0.05, 0) is 30.8 Å². The first-order chi connectivity index (χ1) is 6.97. The molecular weight excluding hydrogens is 184 g/mol. The van der Waals surface area contributed by atoms with Crippen molar-refractivity contribution in [3.8, 4) is 0 Å². The maximum absolute atomic E-state index is 5.90. The Morgan fingerprint density at radius 2 is 1.87 bits per heavy atom. The van der Waals surface area contributed by atoms with Crippen LogP contribution in [0, 0.1) is 11.3 Å². The van der Waals surface area contributed by atoms with Crippen LogP contribution in [0.25, 0.3) is 0 Å². The van der Waals surface area contributed by atoms with E-state index in [1.807, 2.05) is 0 Å². The highest BCUT2D eigenvalue weighted by molar-refractivity contribution is 4.79. The van der Waals surface area contributed by atoms with E-state index in [1.54, 1.807) is 0 Å². The van der Waals surface area contributed by atoms with Crippen molar-refractivity contribution in [2.24, 2.45) is 17.1 Å². The van der Waals surface area contributed by atoms with Gasteiger partial charge in [-0.15, -0.1) is 0 Å². The fraction of sp³-hybridized carbons (Fsp3) is 1.00. The van der Waals surface area contributed by atoms with E-state index >= 15 is 0 Å². The van der Waals surface area contributed by atoms with Gasteiger partial charge in [-0.2, -0.15) is 0 Å². The number of hydrogen-bond donors (Lipinski definition) is 1. The maximum atomic E-state index is 5.90. The maximum Gasteiger partial charge on any atom is 0.00474 e. The summed E-state index contributed by atoms with van der Waals surface area (Å²) in [6.07, 6.45) is 2.46. The lowest BCUT2D eigenvalue weighted by molar-refractivity contribution is 0.151. The largest absolute Gasteiger partial charge is 0.330 e. The molecule has 0 aromatic carbocycles. The van der Waals surface area contributed by atoms with Crippen LogP contribution in [0.5, 0.6) is 0 Å². The van der Waals surface area contributed by atoms with Gasteiger partial charge in [0.1, 0.15) is 0 Å². The van der Waals surface area contributed by atoms with Crippen molar-refractivity contribution in [1.29, 1.82) is 0 Å². The Morgan fingerprint density at radius 3 is 2.20 bits per heavy atom. The number of hydrogen-bond acceptors (Lipinski definition) is 2. The summed E-state index contributed by atoms with van der Waals surface area (Å²) >= 11 is 0. The zero-order chi connectivity index (χ0) is 11.9. The Morgan fingerprint density at radius 1 is 1.27 bits per heavy atom. The average molecular weight is 214 g/mol. The first-order valence-corrected chi connectivity index (χ1v) is 6.39. The van der Waals surface area contributed by atoms with Crippen LogP contribution in [0.3, 0.4) is 0 Å². The normalized spacial score (nSPS) is 16.0. The van der Waals surface area contributed by atoms with Crippen molar-refractivity contribution < 1.29 is 0 Å². The Hall–Kier alpha value is -0.0800. The Kier molecular flexibility index (Phi) is 7.20. The summed E-state index contributed by atoms with van der Waals surface area (Å²) in [7, 11) is 0. The van der Waals surface area contributed by atoms with E-state index in [4.69, 9.17) is 5.73 Å². The molecule has 0 heterocycles. The highest BCUT2D eigenvalue weighted by Crippen LogP contribution is 2.23. The fourth-order valence-corrected chi connectivity index (χ4v) is 2.21. The third-order valence-corrected chi connectivity index (χ3v) is 3.02. The molecule has 0 aromatic heterocycles. The summed E-state index contributed by atoms with van der Waals surface area (Å²) in [5, 5.41) is 0. The van der Waals surface area contributed by atoms with Crippen LogP contribution in [0.2, 0.25) is 0 Å². The van der Waals surface area contributed by atoms with Gasteiger partial charge in [-0.1, -0.05) is 41.0 Å². The second-order valence-electron chi connectivity index (χ2n) is 5.49. The predicted octanol–water partition coefficient (Wildman–Crippen LogP) is 2.73. The summed E-state index contributed by atoms with van der Waals surface area (Å²) in [4.78, 5) is 2.53. The number of nitrogens with two attached hydrogens (primary N) is 1. The molecule has 1 unspecified atom stereocenters. The highest BCUT2D eigenvalue weighted by Gasteiger charge is 2.24. The van der Waals surface area contributed by atoms with Crippen LogP contribution in [0.1, 0.15) is 47.5 Å². The lowest BCUT2D eigenvalue weighted by Crippen LogP contribution is -2.42. The first-order valence-electron chi connectivity index (χ1n) is 6.39. The molecule has 0 amide bonds. The van der Waals surface area contributed by atoms with Gasteiger partial charge in [0, 0.05) is 13.1 Å². The van der Waals surface area contributed by atoms with Crippen molar-refractivity contribution >= 4 is 0 Å². The van der Waals surface area contributed by atoms with Gasteiger partial charge < -0.3 is 10.6 Å². The van der Waals surface area contributed by atoms with Crippen molar-refractivity contribution in [3.63, 3.8) is 0 Å². The van der Waals surface area contributed by atoms with E-state index in [9.17, 15) is 0 Å². The van der Waals surface area contributed by atoms with E-state index in [0.717, 1.165) is 25.6 Å². The molecule has 0 bridgehead atoms. The summed E-state index contributed by atoms with van der Waals surface area (Å²) in [6, 6.07) is 0. The van der Waals surface area contributed by atoms with Crippen LogP contribution in [0.4, 0.5) is 0 Å². The minimum Gasteiger partial charge on any atom is -0.330 e. The Labute approximate surface area is 96.2 Å². The van der Waals surface area contributed by atoms with Crippen molar-refractivity contribution in [1.82, 2.24) is 4.90 Å². The molecule has 2 N–H and O–H groups in total. The monoisotopic (exact) mass is 214 g/mol. The summed E-state index contributed by atoms with van der Waals surface area (Å²) in [5.74, 6) is 0.744. The van der Waals surface area contributed by atoms with E-state index in [2.05, 4.69) is 39.5 Å². The lowest BCUT2D eigenvalue weighted by atomic mass is 9.85. The molecule has 0 saturated heterocycles. The quantitative estimate of drug-likeness (QED) is 0.673. The third kappa shape index (κ3) is 6.16. The van der Waals surface area contributed by atoms with Crippen molar-refractivity contribution in [3.05, 3.63) is 0 Å². The van der Waals surface area contributed by atoms with Gasteiger partial charge >= 0.3 is 0 Å². The van der Waals surface area contributed by atoms with E-state index in [0.29, 0.717) is 5.41 Å². The number of nitrogens with zero attached hydrogens (tertiary/aromatic N) is 1. The minimum absolute atomic E-state index is 0.305. The smallest absolute Gasteiger partial charge is 0.00474 e. The van der Waals surface area contributed by atoms with Gasteiger partial charge in [0.25, 0.3) is 0 Å². The van der Waals surface area contributed by atoms with E-state index in [-0.39, 0.29) is 0 Å².